The van der Waals surface area contributed by atoms with Crippen molar-refractivity contribution in [2.75, 3.05) is 0 Å². The van der Waals surface area contributed by atoms with Gasteiger partial charge in [-0.3, -0.25) is 0 Å². The van der Waals surface area contributed by atoms with Crippen LogP contribution in [0.1, 0.15) is 47.0 Å². The van der Waals surface area contributed by atoms with Crippen LogP contribution in [0.15, 0.2) is 0 Å². The molecule has 0 atom stereocenters. The van der Waals surface area contributed by atoms with Crippen molar-refractivity contribution in [3.05, 3.63) is 87.3 Å². The predicted molar refractivity (Wildman–Crippen MR) is 134 cm³/mol. The minimum Gasteiger partial charge on any atom is -0.659 e. The molecule has 3 aromatic carbocycles. The number of rotatable bonds is 4. The molecule has 256 valence electrons. The summed E-state index contributed by atoms with van der Waals surface area (Å²) in [5.74, 6) is -48.0. The molecule has 1 amide bonds. The van der Waals surface area contributed by atoms with Crippen LogP contribution in [0.5, 0.6) is 0 Å². The van der Waals surface area contributed by atoms with Gasteiger partial charge in [0.2, 0.25) is 0 Å². The van der Waals surface area contributed by atoms with E-state index >= 15 is 26.3 Å². The zero-order chi connectivity index (χ0) is 35.9. The van der Waals surface area contributed by atoms with Crippen molar-refractivity contribution >= 4 is 28.8 Å². The maximum Gasteiger partial charge on any atom is 0.362 e. The van der Waals surface area contributed by atoms with Gasteiger partial charge in [0, 0.05) is 11.1 Å². The Bertz CT molecular complexity index is 1570. The molecular weight excluding hydrogens is 678 g/mol. The standard InChI is InChI=1S/C28H18BF15NO2/c1-27(2)6-5-7-28(3,4)45(27)26(46)47-29(8-11(30)17(36)23(42)18(37)12(8)31,9-13(32)19(38)24(43)20(39)14(9)33)10-15(34)21(40)25(44)22(41)16(10)35/h5-7H2,1-4H3/q-1. The lowest BCUT2D eigenvalue weighted by atomic mass is 9.27. The number of piperidine rings is 1. The predicted octanol–water partition coefficient (Wildman–Crippen LogP) is 6.92. The summed E-state index contributed by atoms with van der Waals surface area (Å²) in [6.45, 7) is 5.05. The van der Waals surface area contributed by atoms with E-state index in [1.807, 2.05) is 0 Å². The Morgan fingerprint density at radius 2 is 0.681 bits per heavy atom. The van der Waals surface area contributed by atoms with Gasteiger partial charge in [-0.15, -0.1) is 0 Å². The van der Waals surface area contributed by atoms with Gasteiger partial charge in [0.15, 0.2) is 52.4 Å². The van der Waals surface area contributed by atoms with Gasteiger partial charge in [0.1, 0.15) is 34.9 Å². The number of benzene rings is 3. The quantitative estimate of drug-likeness (QED) is 0.128. The Morgan fingerprint density at radius 1 is 0.468 bits per heavy atom. The minimum atomic E-state index is -6.47. The molecule has 0 bridgehead atoms. The van der Waals surface area contributed by atoms with Gasteiger partial charge in [-0.05, 0) is 47.0 Å². The van der Waals surface area contributed by atoms with Gasteiger partial charge in [-0.2, -0.15) is 0 Å². The molecule has 47 heavy (non-hydrogen) atoms. The van der Waals surface area contributed by atoms with Gasteiger partial charge in [0.25, 0.3) is 6.35 Å². The van der Waals surface area contributed by atoms with Crippen LogP contribution >= 0.6 is 0 Å². The summed E-state index contributed by atoms with van der Waals surface area (Å²) in [6.07, 6.45) is -8.38. The summed E-state index contributed by atoms with van der Waals surface area (Å²) in [5.41, 5.74) is -12.1. The van der Waals surface area contributed by atoms with Crippen molar-refractivity contribution in [3.63, 3.8) is 0 Å². The van der Waals surface area contributed by atoms with E-state index in [1.54, 1.807) is 0 Å². The molecule has 1 aliphatic rings. The summed E-state index contributed by atoms with van der Waals surface area (Å²) in [6, 6.07) is 0. The molecule has 19 heteroatoms. The van der Waals surface area contributed by atoms with Gasteiger partial charge >= 0.3 is 6.09 Å². The van der Waals surface area contributed by atoms with E-state index in [4.69, 9.17) is 4.65 Å². The highest BCUT2D eigenvalue weighted by Crippen LogP contribution is 2.40. The smallest absolute Gasteiger partial charge is 0.362 e. The first-order valence-corrected chi connectivity index (χ1v) is 13.2. The van der Waals surface area contributed by atoms with Gasteiger partial charge in [-0.1, -0.05) is 16.4 Å². The summed E-state index contributed by atoms with van der Waals surface area (Å²) >= 11 is 0. The number of carbonyl (C=O) groups is 1. The lowest BCUT2D eigenvalue weighted by molar-refractivity contribution is -0.00708. The van der Waals surface area contributed by atoms with E-state index in [1.165, 1.54) is 27.7 Å². The first-order valence-electron chi connectivity index (χ1n) is 13.2. The maximum atomic E-state index is 15.6. The van der Waals surface area contributed by atoms with Crippen LogP contribution in [0.2, 0.25) is 0 Å². The van der Waals surface area contributed by atoms with E-state index in [0.717, 1.165) is 0 Å². The molecule has 0 aliphatic carbocycles. The highest BCUT2D eigenvalue weighted by atomic mass is 19.2. The van der Waals surface area contributed by atoms with E-state index < -0.39 is 127 Å². The Kier molecular flexibility index (Phi) is 8.81. The SMILES string of the molecule is CC1(C)CCCC(C)(C)N1C(=O)O[B-](c1c(F)c(F)c(F)c(F)c1F)(c1c(F)c(F)c(F)c(F)c1F)c1c(F)c(F)c(F)c(F)c1F. The van der Waals surface area contributed by atoms with Gasteiger partial charge in [0.05, 0.1) is 0 Å². The number of carbonyl (C=O) groups excluding carboxylic acids is 1. The van der Waals surface area contributed by atoms with E-state index in [2.05, 4.69) is 0 Å². The lowest BCUT2D eigenvalue weighted by Crippen LogP contribution is -2.77. The number of amides is 1. The fourth-order valence-electron chi connectivity index (χ4n) is 6.24. The van der Waals surface area contributed by atoms with E-state index in [9.17, 15) is 44.3 Å². The van der Waals surface area contributed by atoms with Crippen molar-refractivity contribution in [1.82, 2.24) is 4.90 Å². The van der Waals surface area contributed by atoms with Crippen LogP contribution < -0.4 is 16.4 Å². The van der Waals surface area contributed by atoms with Crippen molar-refractivity contribution < 1.29 is 75.3 Å². The molecule has 3 nitrogen and oxygen atoms in total. The van der Waals surface area contributed by atoms with Crippen molar-refractivity contribution in [2.45, 2.75) is 58.0 Å². The van der Waals surface area contributed by atoms with Crippen molar-refractivity contribution in [2.24, 2.45) is 0 Å². The molecule has 0 saturated carbocycles. The normalized spacial score (nSPS) is 16.1. The summed E-state index contributed by atoms with van der Waals surface area (Å²) < 4.78 is 229. The molecule has 1 saturated heterocycles. The average Bonchev–Trinajstić information content (AvgIpc) is 2.98. The topological polar surface area (TPSA) is 29.5 Å². The second-order valence-corrected chi connectivity index (χ2v) is 11.9. The number of nitrogens with zero attached hydrogens (tertiary/aromatic N) is 1. The zero-order valence-corrected chi connectivity index (χ0v) is 24.1. The third-order valence-electron chi connectivity index (χ3n) is 8.20. The number of likely N-dealkylation sites (tertiary alicyclic amines) is 1. The molecule has 0 N–H and O–H groups in total. The van der Waals surface area contributed by atoms with Crippen molar-refractivity contribution in [3.8, 4) is 0 Å². The molecule has 4 rings (SSSR count). The molecular formula is C28H18BF15NO2-. The van der Waals surface area contributed by atoms with Crippen LogP contribution in [0, 0.1) is 87.3 Å². The molecule has 0 unspecified atom stereocenters. The molecule has 0 spiro atoms. The fourth-order valence-corrected chi connectivity index (χ4v) is 6.24. The number of hydrogen-bond acceptors (Lipinski definition) is 2. The van der Waals surface area contributed by atoms with Crippen LogP contribution in [0.25, 0.3) is 0 Å². The first-order chi connectivity index (χ1) is 21.5. The monoisotopic (exact) mass is 696 g/mol. The lowest BCUT2D eigenvalue weighted by Gasteiger charge is -2.55. The highest BCUT2D eigenvalue weighted by Gasteiger charge is 2.54. The van der Waals surface area contributed by atoms with Gasteiger partial charge in [-0.25, -0.2) is 70.7 Å². The van der Waals surface area contributed by atoms with E-state index in [-0.39, 0.29) is 12.8 Å². The number of hydrogen-bond donors (Lipinski definition) is 0. The molecule has 3 aromatic rings. The largest absolute Gasteiger partial charge is 0.659 e. The Balaban J connectivity index is 2.41. The Labute approximate surface area is 254 Å². The van der Waals surface area contributed by atoms with Crippen LogP contribution in [-0.4, -0.2) is 28.4 Å². The van der Waals surface area contributed by atoms with Crippen molar-refractivity contribution in [1.29, 1.82) is 0 Å². The Hall–Kier alpha value is -4.06. The Morgan fingerprint density at radius 3 is 0.915 bits per heavy atom. The second-order valence-electron chi connectivity index (χ2n) is 11.9. The average molecular weight is 696 g/mol. The summed E-state index contributed by atoms with van der Waals surface area (Å²) in [7, 11) is 0. The molecule has 1 heterocycles. The third-order valence-corrected chi connectivity index (χ3v) is 8.20. The second kappa shape index (κ2) is 11.6. The fraction of sp³-hybridized carbons (Fsp3) is 0.321. The molecule has 1 aliphatic heterocycles. The summed E-state index contributed by atoms with van der Waals surface area (Å²) in [5, 5.41) is 0. The number of halogens is 15. The minimum absolute atomic E-state index is 0.000883. The molecule has 0 radical (unpaired) electrons. The first kappa shape index (κ1) is 35.8. The van der Waals surface area contributed by atoms with Crippen LogP contribution in [0.4, 0.5) is 70.7 Å². The molecule has 0 aromatic heterocycles. The van der Waals surface area contributed by atoms with Gasteiger partial charge < -0.3 is 9.55 Å². The summed E-state index contributed by atoms with van der Waals surface area (Å²) in [4.78, 5) is 14.5. The zero-order valence-electron chi connectivity index (χ0n) is 24.1. The van der Waals surface area contributed by atoms with E-state index in [0.29, 0.717) is 11.3 Å². The van der Waals surface area contributed by atoms with Crippen LogP contribution in [-0.2, 0) is 4.65 Å². The third kappa shape index (κ3) is 5.07. The molecule has 1 fully saturated rings. The highest BCUT2D eigenvalue weighted by molar-refractivity contribution is 7.08. The maximum absolute atomic E-state index is 15.6. The van der Waals surface area contributed by atoms with Crippen LogP contribution in [0.3, 0.4) is 0 Å².